The molecule has 168 valence electrons. The van der Waals surface area contributed by atoms with Crippen molar-refractivity contribution in [2.24, 2.45) is 0 Å². The quantitative estimate of drug-likeness (QED) is 0.492. The molecule has 3 aromatic rings. The Morgan fingerprint density at radius 1 is 0.688 bits per heavy atom. The standard InChI is InChI=1S/C22H26N6O4/c29-21-10-5-3-1-2-4-6-11-22(30)32-16-18-14-28(26-24-18)20-9-7-8-19(12-20)27-13-17(15-31-21)23-25-27/h7-9,12-14H,1-6,10-11,15-16H2. The average Bonchev–Trinajstić information content (AvgIpc) is 3.47. The number of benzene rings is 1. The number of carbonyl (C=O) groups is 2. The van der Waals surface area contributed by atoms with Gasteiger partial charge in [-0.2, -0.15) is 0 Å². The van der Waals surface area contributed by atoms with E-state index in [1.54, 1.807) is 21.8 Å². The molecule has 10 heteroatoms. The molecule has 2 aromatic heterocycles. The number of nitrogens with zero attached hydrogens (tertiary/aromatic N) is 6. The molecule has 0 fully saturated rings. The summed E-state index contributed by atoms with van der Waals surface area (Å²) in [5, 5.41) is 16.4. The van der Waals surface area contributed by atoms with E-state index < -0.39 is 0 Å². The molecule has 0 saturated carbocycles. The number of cyclic esters (lactones) is 2. The Kier molecular flexibility index (Phi) is 7.21. The van der Waals surface area contributed by atoms with Crippen molar-refractivity contribution in [3.8, 4) is 11.4 Å². The van der Waals surface area contributed by atoms with Crippen molar-refractivity contribution in [3.63, 3.8) is 0 Å². The van der Waals surface area contributed by atoms with Crippen LogP contribution in [0.5, 0.6) is 0 Å². The molecule has 0 radical (unpaired) electrons. The summed E-state index contributed by atoms with van der Waals surface area (Å²) < 4.78 is 13.9. The maximum atomic E-state index is 12.0. The Labute approximate surface area is 185 Å². The summed E-state index contributed by atoms with van der Waals surface area (Å²) in [6.07, 6.45) is 9.80. The molecule has 1 aliphatic rings. The SMILES string of the molecule is O=C1CCCCCCCCC(=O)OCc2cn(nn2)-c2cccc(c2)-n2cc(nn2)CO1. The zero-order valence-corrected chi connectivity index (χ0v) is 17.9. The summed E-state index contributed by atoms with van der Waals surface area (Å²) in [5.74, 6) is -0.464. The molecule has 3 heterocycles. The van der Waals surface area contributed by atoms with Gasteiger partial charge in [0, 0.05) is 12.8 Å². The Balaban J connectivity index is 1.49. The largest absolute Gasteiger partial charge is 0.459 e. The van der Waals surface area contributed by atoms with Crippen molar-refractivity contribution in [1.82, 2.24) is 30.0 Å². The predicted molar refractivity (Wildman–Crippen MR) is 113 cm³/mol. The topological polar surface area (TPSA) is 114 Å². The van der Waals surface area contributed by atoms with Gasteiger partial charge in [-0.15, -0.1) is 10.2 Å². The summed E-state index contributed by atoms with van der Waals surface area (Å²) in [6.45, 7) is 0.192. The lowest BCUT2D eigenvalue weighted by Gasteiger charge is -2.04. The molecule has 4 rings (SSSR count). The number of aromatic nitrogens is 6. The summed E-state index contributed by atoms with van der Waals surface area (Å²) in [5.41, 5.74) is 2.70. The van der Waals surface area contributed by atoms with E-state index in [9.17, 15) is 9.59 Å². The number of ether oxygens (including phenoxy) is 2. The van der Waals surface area contributed by atoms with Crippen molar-refractivity contribution < 1.29 is 19.1 Å². The summed E-state index contributed by atoms with van der Waals surface area (Å²) in [7, 11) is 0. The highest BCUT2D eigenvalue weighted by Crippen LogP contribution is 2.15. The molecule has 0 amide bonds. The second-order valence-corrected chi connectivity index (χ2v) is 7.77. The molecular formula is C22H26N6O4. The molecule has 0 saturated heterocycles. The first-order chi connectivity index (χ1) is 15.7. The van der Waals surface area contributed by atoms with Gasteiger partial charge in [-0.05, 0) is 31.0 Å². The fraction of sp³-hybridized carbons (Fsp3) is 0.455. The summed E-state index contributed by atoms with van der Waals surface area (Å²) in [6, 6.07) is 7.52. The van der Waals surface area contributed by atoms with Gasteiger partial charge in [0.15, 0.2) is 0 Å². The molecule has 0 spiro atoms. The zero-order valence-electron chi connectivity index (χ0n) is 17.9. The van der Waals surface area contributed by atoms with E-state index in [1.807, 2.05) is 24.3 Å². The average molecular weight is 438 g/mol. The van der Waals surface area contributed by atoms with Gasteiger partial charge in [0.25, 0.3) is 0 Å². The molecule has 1 aromatic carbocycles. The minimum Gasteiger partial charge on any atom is -0.459 e. The third-order valence-electron chi connectivity index (χ3n) is 5.21. The van der Waals surface area contributed by atoms with Crippen LogP contribution in [0.25, 0.3) is 11.4 Å². The van der Waals surface area contributed by atoms with Gasteiger partial charge in [-0.1, -0.05) is 42.2 Å². The van der Waals surface area contributed by atoms with E-state index >= 15 is 0 Å². The lowest BCUT2D eigenvalue weighted by molar-refractivity contribution is -0.146. The van der Waals surface area contributed by atoms with Crippen LogP contribution in [0.3, 0.4) is 0 Å². The minimum absolute atomic E-state index is 0.0962. The van der Waals surface area contributed by atoms with Crippen LogP contribution in [0.2, 0.25) is 0 Å². The highest BCUT2D eigenvalue weighted by Gasteiger charge is 2.11. The monoisotopic (exact) mass is 438 g/mol. The van der Waals surface area contributed by atoms with Crippen LogP contribution in [0.15, 0.2) is 36.7 Å². The van der Waals surface area contributed by atoms with Gasteiger partial charge in [-0.3, -0.25) is 9.59 Å². The number of esters is 2. The third-order valence-corrected chi connectivity index (χ3v) is 5.21. The van der Waals surface area contributed by atoms with Crippen LogP contribution < -0.4 is 0 Å². The van der Waals surface area contributed by atoms with Crippen LogP contribution in [0, 0.1) is 0 Å². The molecular weight excluding hydrogens is 412 g/mol. The predicted octanol–water partition coefficient (Wildman–Crippen LogP) is 3.07. The van der Waals surface area contributed by atoms with Gasteiger partial charge in [-0.25, -0.2) is 9.36 Å². The molecule has 6 bridgehead atoms. The van der Waals surface area contributed by atoms with Gasteiger partial charge >= 0.3 is 11.9 Å². The molecule has 0 aliphatic carbocycles. The maximum Gasteiger partial charge on any atom is 0.306 e. The van der Waals surface area contributed by atoms with E-state index in [4.69, 9.17) is 9.47 Å². The Morgan fingerprint density at radius 3 is 1.66 bits per heavy atom. The Bertz CT molecular complexity index is 981. The number of hydrogen-bond donors (Lipinski definition) is 0. The van der Waals surface area contributed by atoms with Crippen LogP contribution in [0.4, 0.5) is 0 Å². The number of hydrogen-bond acceptors (Lipinski definition) is 8. The molecule has 0 N–H and O–H groups in total. The number of rotatable bonds is 0. The molecule has 10 nitrogen and oxygen atoms in total. The number of fused-ring (bicyclic) bond motifs is 8. The highest BCUT2D eigenvalue weighted by atomic mass is 16.5. The van der Waals surface area contributed by atoms with Crippen LogP contribution in [-0.4, -0.2) is 41.9 Å². The fourth-order valence-electron chi connectivity index (χ4n) is 3.46. The molecule has 0 unspecified atom stereocenters. The lowest BCUT2D eigenvalue weighted by atomic mass is 10.1. The fourth-order valence-corrected chi connectivity index (χ4v) is 3.46. The van der Waals surface area contributed by atoms with Crippen molar-refractivity contribution in [3.05, 3.63) is 48.0 Å². The van der Waals surface area contributed by atoms with Crippen LogP contribution in [-0.2, 0) is 32.3 Å². The first kappa shape index (κ1) is 21.7. The first-order valence-corrected chi connectivity index (χ1v) is 10.9. The highest BCUT2D eigenvalue weighted by molar-refractivity contribution is 5.69. The van der Waals surface area contributed by atoms with E-state index in [2.05, 4.69) is 20.6 Å². The minimum atomic E-state index is -0.232. The first-order valence-electron chi connectivity index (χ1n) is 10.9. The zero-order chi connectivity index (χ0) is 22.2. The van der Waals surface area contributed by atoms with Gasteiger partial charge < -0.3 is 9.47 Å². The molecule has 0 atom stereocenters. The normalized spacial score (nSPS) is 16.8. The van der Waals surface area contributed by atoms with Crippen molar-refractivity contribution in [2.75, 3.05) is 0 Å². The van der Waals surface area contributed by atoms with E-state index in [0.717, 1.165) is 49.9 Å². The third kappa shape index (κ3) is 5.99. The van der Waals surface area contributed by atoms with Crippen LogP contribution in [0.1, 0.15) is 62.8 Å². The lowest BCUT2D eigenvalue weighted by Crippen LogP contribution is -2.05. The van der Waals surface area contributed by atoms with Gasteiger partial charge in [0.05, 0.1) is 23.8 Å². The molecule has 32 heavy (non-hydrogen) atoms. The second-order valence-electron chi connectivity index (χ2n) is 7.77. The maximum absolute atomic E-state index is 12.0. The van der Waals surface area contributed by atoms with E-state index in [0.29, 0.717) is 24.2 Å². The van der Waals surface area contributed by atoms with Crippen LogP contribution >= 0.6 is 0 Å². The Morgan fingerprint density at radius 2 is 1.16 bits per heavy atom. The van der Waals surface area contributed by atoms with Crippen molar-refractivity contribution in [2.45, 2.75) is 64.6 Å². The second kappa shape index (κ2) is 10.7. The van der Waals surface area contributed by atoms with Gasteiger partial charge in [0.2, 0.25) is 0 Å². The van der Waals surface area contributed by atoms with E-state index in [-0.39, 0.29) is 25.2 Å². The molecule has 1 aliphatic heterocycles. The summed E-state index contributed by atoms with van der Waals surface area (Å²) in [4.78, 5) is 23.9. The summed E-state index contributed by atoms with van der Waals surface area (Å²) >= 11 is 0. The van der Waals surface area contributed by atoms with Gasteiger partial charge in [0.1, 0.15) is 24.6 Å². The number of carbonyl (C=O) groups excluding carboxylic acids is 2. The van der Waals surface area contributed by atoms with E-state index in [1.165, 1.54) is 0 Å². The van der Waals surface area contributed by atoms with Crippen molar-refractivity contribution in [1.29, 1.82) is 0 Å². The smallest absolute Gasteiger partial charge is 0.306 e. The van der Waals surface area contributed by atoms with Crippen molar-refractivity contribution >= 4 is 11.9 Å². The Hall–Kier alpha value is -3.56.